The van der Waals surface area contributed by atoms with Gasteiger partial charge in [0.15, 0.2) is 0 Å². The Morgan fingerprint density at radius 2 is 1.89 bits per heavy atom. The van der Waals surface area contributed by atoms with Gasteiger partial charge in [-0.05, 0) is 53.7 Å². The Kier molecular flexibility index (Phi) is 3.92. The topological polar surface area (TPSA) is 75.2 Å². The number of rotatable bonds is 2. The van der Waals surface area contributed by atoms with E-state index in [0.29, 0.717) is 5.82 Å². The lowest BCUT2D eigenvalue weighted by atomic mass is 9.70. The molecule has 2 rings (SSSR count). The van der Waals surface area contributed by atoms with Crippen molar-refractivity contribution in [3.8, 4) is 5.88 Å². The van der Waals surface area contributed by atoms with Crippen molar-refractivity contribution in [1.29, 1.82) is 0 Å². The van der Waals surface area contributed by atoms with E-state index in [4.69, 9.17) is 4.74 Å². The summed E-state index contributed by atoms with van der Waals surface area (Å²) in [6.45, 7) is 4.46. The predicted molar refractivity (Wildman–Crippen MR) is 80.2 cm³/mol. The molecule has 0 bridgehead atoms. The smallest absolute Gasteiger partial charge is 0.268 e. The lowest BCUT2D eigenvalue weighted by Gasteiger charge is -2.41. The van der Waals surface area contributed by atoms with Crippen molar-refractivity contribution in [2.24, 2.45) is 5.41 Å². The number of halogens is 1. The maximum atomic E-state index is 11.8. The summed E-state index contributed by atoms with van der Waals surface area (Å²) >= 11 is 1.78. The van der Waals surface area contributed by atoms with Crippen LogP contribution >= 0.6 is 22.6 Å². The molecule has 0 atom stereocenters. The van der Waals surface area contributed by atoms with Crippen LogP contribution in [0.15, 0.2) is 4.79 Å². The summed E-state index contributed by atoms with van der Waals surface area (Å²) in [5, 5.41) is 9.73. The fourth-order valence-electron chi connectivity index (χ4n) is 2.53. The molecule has 19 heavy (non-hydrogen) atoms. The molecule has 0 saturated heterocycles. The number of H-pyrrole nitrogens is 1. The number of aromatic hydroxyl groups is 1. The zero-order chi connectivity index (χ0) is 14.3. The summed E-state index contributed by atoms with van der Waals surface area (Å²) in [5.41, 5.74) is -0.617. The number of nitrogens with one attached hydrogen (secondary N) is 1. The third-order valence-electron chi connectivity index (χ3n) is 4.08. The van der Waals surface area contributed by atoms with Gasteiger partial charge in [-0.3, -0.25) is 4.79 Å². The van der Waals surface area contributed by atoms with Crippen molar-refractivity contribution in [2.45, 2.75) is 45.1 Å². The number of aromatic nitrogens is 2. The van der Waals surface area contributed by atoms with E-state index in [1.807, 2.05) is 0 Å². The van der Waals surface area contributed by atoms with Crippen molar-refractivity contribution in [3.05, 3.63) is 19.7 Å². The molecule has 2 N–H and O–H groups in total. The van der Waals surface area contributed by atoms with Crippen LogP contribution in [0.5, 0.6) is 5.88 Å². The highest BCUT2D eigenvalue weighted by atomic mass is 127. The molecule has 1 aromatic rings. The second-order valence-electron chi connectivity index (χ2n) is 5.91. The first kappa shape index (κ1) is 14.8. The molecule has 1 heterocycles. The summed E-state index contributed by atoms with van der Waals surface area (Å²) in [7, 11) is 1.63. The quantitative estimate of drug-likeness (QED) is 0.776. The number of nitrogens with zero attached hydrogens (tertiary/aromatic N) is 1. The number of hydrogen-bond donors (Lipinski definition) is 2. The third-order valence-corrected chi connectivity index (χ3v) is 5.05. The van der Waals surface area contributed by atoms with Gasteiger partial charge in [-0.1, -0.05) is 13.8 Å². The Balaban J connectivity index is 2.41. The van der Waals surface area contributed by atoms with E-state index in [0.717, 1.165) is 25.7 Å². The zero-order valence-corrected chi connectivity index (χ0v) is 13.6. The van der Waals surface area contributed by atoms with Crippen LogP contribution < -0.4 is 5.56 Å². The van der Waals surface area contributed by atoms with Crippen LogP contribution in [0.4, 0.5) is 0 Å². The van der Waals surface area contributed by atoms with Gasteiger partial charge in [0, 0.05) is 7.11 Å². The zero-order valence-electron chi connectivity index (χ0n) is 11.4. The average molecular weight is 378 g/mol. The Morgan fingerprint density at radius 1 is 1.32 bits per heavy atom. The predicted octanol–water partition coefficient (Wildman–Crippen LogP) is 2.52. The van der Waals surface area contributed by atoms with Crippen LogP contribution in [-0.4, -0.2) is 22.2 Å². The second kappa shape index (κ2) is 5.05. The SMILES string of the molecule is COC1(c2nc(O)c(I)c(=O)[nH]2)CCC(C)(C)CC1. The third kappa shape index (κ3) is 2.79. The van der Waals surface area contributed by atoms with Crippen molar-refractivity contribution in [2.75, 3.05) is 7.11 Å². The largest absolute Gasteiger partial charge is 0.492 e. The van der Waals surface area contributed by atoms with Gasteiger partial charge in [0.05, 0.1) is 0 Å². The van der Waals surface area contributed by atoms with Gasteiger partial charge in [0.2, 0.25) is 5.88 Å². The normalized spacial score (nSPS) is 21.3. The van der Waals surface area contributed by atoms with Crippen LogP contribution in [0.2, 0.25) is 0 Å². The first-order valence-corrected chi connectivity index (χ1v) is 7.42. The minimum atomic E-state index is -0.587. The van der Waals surface area contributed by atoms with Crippen LogP contribution in [-0.2, 0) is 10.3 Å². The Hall–Kier alpha value is -0.630. The molecule has 5 nitrogen and oxygen atoms in total. The molecule has 1 aromatic heterocycles. The molecule has 1 aliphatic carbocycles. The van der Waals surface area contributed by atoms with Gasteiger partial charge >= 0.3 is 0 Å². The summed E-state index contributed by atoms with van der Waals surface area (Å²) in [6, 6.07) is 0. The maximum Gasteiger partial charge on any atom is 0.268 e. The molecule has 0 amide bonds. The molecule has 1 aliphatic rings. The van der Waals surface area contributed by atoms with Gasteiger partial charge in [0.25, 0.3) is 5.56 Å². The highest BCUT2D eigenvalue weighted by Gasteiger charge is 2.42. The summed E-state index contributed by atoms with van der Waals surface area (Å²) < 4.78 is 5.87. The Morgan fingerprint density at radius 3 is 2.37 bits per heavy atom. The first-order valence-electron chi connectivity index (χ1n) is 6.34. The van der Waals surface area contributed by atoms with Gasteiger partial charge < -0.3 is 14.8 Å². The molecule has 0 radical (unpaired) electrons. The van der Waals surface area contributed by atoms with Crippen molar-refractivity contribution >= 4 is 22.6 Å². The van der Waals surface area contributed by atoms with Gasteiger partial charge in [-0.15, -0.1) is 0 Å². The average Bonchev–Trinajstić information content (AvgIpc) is 2.36. The van der Waals surface area contributed by atoms with Crippen LogP contribution in [0, 0.1) is 8.99 Å². The minimum Gasteiger partial charge on any atom is -0.492 e. The monoisotopic (exact) mass is 378 g/mol. The van der Waals surface area contributed by atoms with E-state index < -0.39 is 5.60 Å². The van der Waals surface area contributed by atoms with Gasteiger partial charge in [-0.2, -0.15) is 4.98 Å². The van der Waals surface area contributed by atoms with E-state index in [9.17, 15) is 9.90 Å². The van der Waals surface area contributed by atoms with E-state index >= 15 is 0 Å². The molecule has 0 aromatic carbocycles. The standard InChI is InChI=1S/C13H19IN2O3/c1-12(2)4-6-13(19-3,7-5-12)11-15-9(17)8(14)10(18)16-11/h4-7H2,1-3H3,(H2,15,16,17,18). The van der Waals surface area contributed by atoms with E-state index in [-0.39, 0.29) is 20.4 Å². The molecule has 1 saturated carbocycles. The fraction of sp³-hybridized carbons (Fsp3) is 0.692. The molecule has 6 heteroatoms. The number of ether oxygens (including phenoxy) is 1. The van der Waals surface area contributed by atoms with Crippen LogP contribution in [0.25, 0.3) is 0 Å². The fourth-order valence-corrected chi connectivity index (χ4v) is 2.79. The minimum absolute atomic E-state index is 0.212. The van der Waals surface area contributed by atoms with E-state index in [1.54, 1.807) is 29.7 Å². The van der Waals surface area contributed by atoms with E-state index in [1.165, 1.54) is 0 Å². The van der Waals surface area contributed by atoms with Gasteiger partial charge in [0.1, 0.15) is 15.0 Å². The number of hydrogen-bond acceptors (Lipinski definition) is 4. The highest BCUT2D eigenvalue weighted by Crippen LogP contribution is 2.46. The Bertz CT molecular complexity index is 529. The van der Waals surface area contributed by atoms with Crippen molar-refractivity contribution < 1.29 is 9.84 Å². The van der Waals surface area contributed by atoms with Crippen LogP contribution in [0.1, 0.15) is 45.4 Å². The second-order valence-corrected chi connectivity index (χ2v) is 6.99. The highest BCUT2D eigenvalue weighted by molar-refractivity contribution is 14.1. The molecule has 0 unspecified atom stereocenters. The molecule has 0 spiro atoms. The summed E-state index contributed by atoms with van der Waals surface area (Å²) in [5.74, 6) is 0.217. The van der Waals surface area contributed by atoms with Crippen molar-refractivity contribution in [1.82, 2.24) is 9.97 Å². The lowest BCUT2D eigenvalue weighted by Crippen LogP contribution is -2.39. The first-order chi connectivity index (χ1) is 8.80. The van der Waals surface area contributed by atoms with Crippen LogP contribution in [0.3, 0.4) is 0 Å². The molecule has 1 fully saturated rings. The number of methoxy groups -OCH3 is 1. The maximum absolute atomic E-state index is 11.8. The summed E-state index contributed by atoms with van der Waals surface area (Å²) in [6.07, 6.45) is 3.58. The number of aromatic amines is 1. The molecular weight excluding hydrogens is 359 g/mol. The molecular formula is C13H19IN2O3. The van der Waals surface area contributed by atoms with Crippen molar-refractivity contribution in [3.63, 3.8) is 0 Å². The van der Waals surface area contributed by atoms with Gasteiger partial charge in [-0.25, -0.2) is 0 Å². The summed E-state index contributed by atoms with van der Waals surface area (Å²) in [4.78, 5) is 18.6. The Labute approximate surface area is 125 Å². The van der Waals surface area contributed by atoms with E-state index in [2.05, 4.69) is 23.8 Å². The molecule has 106 valence electrons. The lowest BCUT2D eigenvalue weighted by molar-refractivity contribution is -0.0734. The molecule has 0 aliphatic heterocycles.